The van der Waals surface area contributed by atoms with E-state index in [1.165, 1.54) is 12.1 Å². The van der Waals surface area contributed by atoms with Gasteiger partial charge in [-0.05, 0) is 30.3 Å². The van der Waals surface area contributed by atoms with Crippen LogP contribution >= 0.6 is 11.8 Å². The van der Waals surface area contributed by atoms with Crippen LogP contribution in [-0.4, -0.2) is 26.0 Å². The average molecular weight is 291 g/mol. The van der Waals surface area contributed by atoms with Crippen LogP contribution in [0, 0.1) is 0 Å². The third-order valence-corrected chi connectivity index (χ3v) is 3.19. The zero-order chi connectivity index (χ0) is 14.7. The molecule has 0 aliphatic carbocycles. The van der Waals surface area contributed by atoms with Gasteiger partial charge in [-0.15, -0.1) is 0 Å². The van der Waals surface area contributed by atoms with Gasteiger partial charge in [0.25, 0.3) is 0 Å². The third-order valence-electron chi connectivity index (χ3n) is 2.41. The molecular weight excluding hydrogens is 278 g/mol. The molecule has 20 heavy (non-hydrogen) atoms. The highest BCUT2D eigenvalue weighted by Crippen LogP contribution is 2.25. The highest BCUT2D eigenvalue weighted by Gasteiger charge is 2.11. The molecule has 0 atom stereocenters. The number of nitrogens with zero attached hydrogens (tertiary/aromatic N) is 3. The van der Waals surface area contributed by atoms with E-state index in [0.29, 0.717) is 22.3 Å². The van der Waals surface area contributed by atoms with Gasteiger partial charge in [0, 0.05) is 11.8 Å². The lowest BCUT2D eigenvalue weighted by atomic mass is 10.2. The smallest absolute Gasteiger partial charge is 0.335 e. The third kappa shape index (κ3) is 3.35. The number of aromatic carboxylic acids is 1. The lowest BCUT2D eigenvalue weighted by Crippen LogP contribution is -2.02. The Morgan fingerprint density at radius 3 is 2.40 bits per heavy atom. The lowest BCUT2D eigenvalue weighted by Gasteiger charge is -2.05. The summed E-state index contributed by atoms with van der Waals surface area (Å²) in [5.41, 5.74) is 12.0. The van der Waals surface area contributed by atoms with Crippen molar-refractivity contribution in [3.8, 4) is 0 Å². The van der Waals surface area contributed by atoms with Gasteiger partial charge in [0.2, 0.25) is 0 Å². The first-order chi connectivity index (χ1) is 9.47. The number of aryl methyl sites for hydroxylation is 1. The Kier molecular flexibility index (Phi) is 4.04. The molecule has 5 N–H and O–H groups in total. The average Bonchev–Trinajstić information content (AvgIpc) is 2.36. The highest BCUT2D eigenvalue weighted by atomic mass is 32.2. The van der Waals surface area contributed by atoms with Gasteiger partial charge in [0.1, 0.15) is 16.7 Å². The normalized spacial score (nSPS) is 10.4. The van der Waals surface area contributed by atoms with Crippen LogP contribution in [0.15, 0.2) is 28.4 Å². The molecule has 2 heterocycles. The summed E-state index contributed by atoms with van der Waals surface area (Å²) in [5.74, 6) is -0.493. The van der Waals surface area contributed by atoms with Gasteiger partial charge in [-0.2, -0.15) is 0 Å². The number of carboxylic acid groups (broad SMARTS) is 1. The minimum absolute atomic E-state index is 0.177. The fourth-order valence-corrected chi connectivity index (χ4v) is 2.36. The summed E-state index contributed by atoms with van der Waals surface area (Å²) >= 11 is 1.12. The Bertz CT molecular complexity index is 642. The van der Waals surface area contributed by atoms with Crippen molar-refractivity contribution >= 4 is 29.4 Å². The molecule has 0 amide bonds. The summed E-state index contributed by atoms with van der Waals surface area (Å²) in [7, 11) is 0. The minimum atomic E-state index is -1.00. The van der Waals surface area contributed by atoms with Crippen molar-refractivity contribution < 1.29 is 9.90 Å². The van der Waals surface area contributed by atoms with Gasteiger partial charge >= 0.3 is 5.97 Å². The number of carbonyl (C=O) groups is 1. The van der Waals surface area contributed by atoms with Gasteiger partial charge in [0.15, 0.2) is 5.16 Å². The van der Waals surface area contributed by atoms with Crippen molar-refractivity contribution in [3.05, 3.63) is 29.5 Å². The Morgan fingerprint density at radius 2 is 1.85 bits per heavy atom. The molecule has 7 nitrogen and oxygen atoms in total. The molecule has 0 aliphatic rings. The maximum absolute atomic E-state index is 11.1. The molecule has 8 heteroatoms. The Morgan fingerprint density at radius 1 is 1.20 bits per heavy atom. The molecule has 0 unspecified atom stereocenters. The van der Waals surface area contributed by atoms with Crippen molar-refractivity contribution in [3.63, 3.8) is 0 Å². The molecule has 104 valence electrons. The zero-order valence-electron chi connectivity index (χ0n) is 10.7. The molecule has 0 saturated heterocycles. The standard InChI is InChI=1S/C12H13N5O2S/c1-2-7-3-6(11(18)19)4-10(15-7)20-12-16-8(13)5-9(14)17-12/h3-5H,2H2,1H3,(H,18,19)(H4,13,14,16,17). The molecule has 0 radical (unpaired) electrons. The van der Waals surface area contributed by atoms with Crippen molar-refractivity contribution in [2.24, 2.45) is 0 Å². The van der Waals surface area contributed by atoms with Crippen LogP contribution in [0.4, 0.5) is 11.6 Å². The van der Waals surface area contributed by atoms with Crippen LogP contribution in [0.25, 0.3) is 0 Å². The maximum Gasteiger partial charge on any atom is 0.335 e. The number of nitrogens with two attached hydrogens (primary N) is 2. The van der Waals surface area contributed by atoms with Crippen molar-refractivity contribution in [1.82, 2.24) is 15.0 Å². The van der Waals surface area contributed by atoms with E-state index >= 15 is 0 Å². The fourth-order valence-electron chi connectivity index (χ4n) is 1.52. The summed E-state index contributed by atoms with van der Waals surface area (Å²) in [6, 6.07) is 4.46. The van der Waals surface area contributed by atoms with E-state index in [-0.39, 0.29) is 17.2 Å². The summed E-state index contributed by atoms with van der Waals surface area (Å²) < 4.78 is 0. The number of carboxylic acids is 1. The first-order valence-corrected chi connectivity index (χ1v) is 6.61. The van der Waals surface area contributed by atoms with E-state index in [4.69, 9.17) is 16.6 Å². The van der Waals surface area contributed by atoms with Crippen LogP contribution in [0.5, 0.6) is 0 Å². The predicted octanol–water partition coefficient (Wildman–Crippen LogP) is 1.45. The van der Waals surface area contributed by atoms with E-state index in [0.717, 1.165) is 11.8 Å². The molecule has 0 aliphatic heterocycles. The van der Waals surface area contributed by atoms with E-state index < -0.39 is 5.97 Å². The molecule has 0 saturated carbocycles. The van der Waals surface area contributed by atoms with Gasteiger partial charge < -0.3 is 16.6 Å². The summed E-state index contributed by atoms with van der Waals surface area (Å²) in [5, 5.41) is 9.90. The molecule has 0 fully saturated rings. The second-order valence-electron chi connectivity index (χ2n) is 3.95. The molecule has 0 bridgehead atoms. The second-order valence-corrected chi connectivity index (χ2v) is 4.93. The topological polar surface area (TPSA) is 128 Å². The number of anilines is 2. The number of hydrogen-bond acceptors (Lipinski definition) is 7. The Balaban J connectivity index is 2.37. The van der Waals surface area contributed by atoms with E-state index in [1.807, 2.05) is 6.92 Å². The molecule has 0 spiro atoms. The van der Waals surface area contributed by atoms with E-state index in [1.54, 1.807) is 6.07 Å². The van der Waals surface area contributed by atoms with Gasteiger partial charge in [-0.25, -0.2) is 19.7 Å². The molecule has 0 aromatic carbocycles. The van der Waals surface area contributed by atoms with Crippen LogP contribution < -0.4 is 11.5 Å². The maximum atomic E-state index is 11.1. The van der Waals surface area contributed by atoms with Crippen molar-refractivity contribution in [1.29, 1.82) is 0 Å². The van der Waals surface area contributed by atoms with E-state index in [9.17, 15) is 4.79 Å². The number of nitrogen functional groups attached to an aromatic ring is 2. The fraction of sp³-hybridized carbons (Fsp3) is 0.167. The Labute approximate surface area is 119 Å². The van der Waals surface area contributed by atoms with Gasteiger partial charge in [-0.1, -0.05) is 6.92 Å². The number of pyridine rings is 1. The summed E-state index contributed by atoms with van der Waals surface area (Å²) in [6.07, 6.45) is 0.634. The predicted molar refractivity (Wildman–Crippen MR) is 75.6 cm³/mol. The van der Waals surface area contributed by atoms with Crippen LogP contribution in [0.1, 0.15) is 23.0 Å². The highest BCUT2D eigenvalue weighted by molar-refractivity contribution is 7.99. The summed E-state index contributed by atoms with van der Waals surface area (Å²) in [6.45, 7) is 1.90. The SMILES string of the molecule is CCc1cc(C(=O)O)cc(Sc2nc(N)cc(N)n2)n1. The number of hydrogen-bond donors (Lipinski definition) is 3. The zero-order valence-corrected chi connectivity index (χ0v) is 11.5. The van der Waals surface area contributed by atoms with Crippen LogP contribution in [-0.2, 0) is 6.42 Å². The first kappa shape index (κ1) is 14.1. The second kappa shape index (κ2) is 5.74. The largest absolute Gasteiger partial charge is 0.478 e. The minimum Gasteiger partial charge on any atom is -0.478 e. The number of rotatable bonds is 4. The molecule has 2 rings (SSSR count). The van der Waals surface area contributed by atoms with Gasteiger partial charge in [0.05, 0.1) is 5.56 Å². The summed E-state index contributed by atoms with van der Waals surface area (Å²) in [4.78, 5) is 23.4. The van der Waals surface area contributed by atoms with Crippen molar-refractivity contribution in [2.75, 3.05) is 11.5 Å². The molecular formula is C12H13N5O2S. The monoisotopic (exact) mass is 291 g/mol. The van der Waals surface area contributed by atoms with Crippen LogP contribution in [0.2, 0.25) is 0 Å². The van der Waals surface area contributed by atoms with Gasteiger partial charge in [-0.3, -0.25) is 0 Å². The van der Waals surface area contributed by atoms with Crippen molar-refractivity contribution in [2.45, 2.75) is 23.5 Å². The van der Waals surface area contributed by atoms with Crippen LogP contribution in [0.3, 0.4) is 0 Å². The Hall–Kier alpha value is -2.35. The quantitative estimate of drug-likeness (QED) is 0.722. The number of aromatic nitrogens is 3. The lowest BCUT2D eigenvalue weighted by molar-refractivity contribution is 0.0696. The van der Waals surface area contributed by atoms with E-state index in [2.05, 4.69) is 15.0 Å². The molecule has 2 aromatic rings. The first-order valence-electron chi connectivity index (χ1n) is 5.80. The molecule has 2 aromatic heterocycles.